The third-order valence-corrected chi connectivity index (χ3v) is 5.73. The Balaban J connectivity index is 0.00000126. The summed E-state index contributed by atoms with van der Waals surface area (Å²) in [5, 5.41) is 14.2. The molecule has 2 aromatic rings. The number of benzene rings is 2. The predicted molar refractivity (Wildman–Crippen MR) is 139 cm³/mol. The minimum absolute atomic E-state index is 0.0382. The number of nitrogens with two attached hydrogens (primary N) is 1. The summed E-state index contributed by atoms with van der Waals surface area (Å²) in [6.07, 6.45) is -19.3. The monoisotopic (exact) mass is 704 g/mol. The van der Waals surface area contributed by atoms with Crippen LogP contribution in [0, 0.1) is 5.41 Å². The lowest BCUT2D eigenvalue weighted by Crippen LogP contribution is -2.44. The van der Waals surface area contributed by atoms with Crippen LogP contribution in [0.4, 0.5) is 52.7 Å². The molecule has 266 valence electrons. The lowest BCUT2D eigenvalue weighted by Gasteiger charge is -2.31. The molecule has 0 aromatic heterocycles. The lowest BCUT2D eigenvalue weighted by molar-refractivity contribution is -0.193. The molecular weight excluding hydrogens is 676 g/mol. The van der Waals surface area contributed by atoms with Gasteiger partial charge in [-0.2, -0.15) is 52.7 Å². The Morgan fingerprint density at radius 3 is 1.17 bits per heavy atom. The van der Waals surface area contributed by atoms with Crippen LogP contribution >= 0.6 is 0 Å². The largest absolute Gasteiger partial charge is 0.490 e. The zero-order valence-electron chi connectivity index (χ0n) is 24.2. The third kappa shape index (κ3) is 15.9. The third-order valence-electron chi connectivity index (χ3n) is 5.73. The molecule has 0 unspecified atom stereocenters. The van der Waals surface area contributed by atoms with E-state index < -0.39 is 59.2 Å². The molecule has 20 heteroatoms. The Morgan fingerprint density at radius 2 is 0.957 bits per heavy atom. The number of carboxylic acids is 2. The zero-order chi connectivity index (χ0) is 37.0. The smallest absolute Gasteiger partial charge is 0.475 e. The molecule has 0 spiro atoms. The summed E-state index contributed by atoms with van der Waals surface area (Å²) < 4.78 is 146. The van der Waals surface area contributed by atoms with Gasteiger partial charge in [0.1, 0.15) is 6.61 Å². The number of hydrogen-bond donors (Lipinski definition) is 3. The molecule has 2 aromatic carbocycles. The van der Waals surface area contributed by atoms with Gasteiger partial charge < -0.3 is 25.6 Å². The van der Waals surface area contributed by atoms with Gasteiger partial charge in [0, 0.05) is 13.1 Å². The first-order valence-electron chi connectivity index (χ1n) is 12.6. The van der Waals surface area contributed by atoms with Crippen molar-refractivity contribution in [2.24, 2.45) is 11.1 Å². The van der Waals surface area contributed by atoms with Crippen LogP contribution in [0.15, 0.2) is 48.5 Å². The highest BCUT2D eigenvalue weighted by molar-refractivity contribution is 5.78. The molecule has 4 N–H and O–H groups in total. The van der Waals surface area contributed by atoms with E-state index in [0.29, 0.717) is 17.7 Å². The molecule has 8 nitrogen and oxygen atoms in total. The van der Waals surface area contributed by atoms with E-state index in [4.69, 9.17) is 30.3 Å². The molecule has 2 rings (SSSR count). The van der Waals surface area contributed by atoms with Crippen LogP contribution < -0.4 is 5.73 Å². The second kappa shape index (κ2) is 17.2. The minimum atomic E-state index is -5.08. The maximum atomic E-state index is 13.1. The van der Waals surface area contributed by atoms with Crippen molar-refractivity contribution in [1.29, 1.82) is 0 Å². The topological polar surface area (TPSA) is 130 Å². The Labute approximate surface area is 258 Å². The number of carbonyl (C=O) groups is 3. The SMILES string of the molecule is CN(C)CCOC(=O)C(CN)(Cc1ccc(C(F)(F)F)cc1)Cc1ccc(C(F)(F)F)cc1.O=C(O)C(F)(F)F.O=C(O)C(F)(F)F. The molecule has 0 aliphatic carbocycles. The quantitative estimate of drug-likeness (QED) is 0.220. The van der Waals surface area contributed by atoms with E-state index in [1.165, 1.54) is 24.3 Å². The second-order valence-electron chi connectivity index (χ2n) is 9.77. The van der Waals surface area contributed by atoms with Gasteiger partial charge in [-0.05, 0) is 62.3 Å². The summed E-state index contributed by atoms with van der Waals surface area (Å²) in [6.45, 7) is 0.288. The van der Waals surface area contributed by atoms with Gasteiger partial charge >= 0.3 is 42.6 Å². The van der Waals surface area contributed by atoms with Gasteiger partial charge in [-0.1, -0.05) is 24.3 Å². The van der Waals surface area contributed by atoms with Crippen LogP contribution in [-0.2, 0) is 44.3 Å². The molecule has 0 radical (unpaired) electrons. The number of carboxylic acid groups (broad SMARTS) is 2. The molecule has 0 saturated heterocycles. The lowest BCUT2D eigenvalue weighted by atomic mass is 9.76. The Hall–Kier alpha value is -4.07. The van der Waals surface area contributed by atoms with E-state index in [1.807, 2.05) is 0 Å². The molecule has 0 aliphatic heterocycles. The maximum absolute atomic E-state index is 13.1. The molecule has 0 bridgehead atoms. The Bertz CT molecular complexity index is 1200. The molecule has 0 atom stereocenters. The number of alkyl halides is 12. The summed E-state index contributed by atoms with van der Waals surface area (Å²) in [4.78, 5) is 32.6. The van der Waals surface area contributed by atoms with Crippen molar-refractivity contribution in [3.05, 3.63) is 70.8 Å². The molecule has 47 heavy (non-hydrogen) atoms. The Morgan fingerprint density at radius 1 is 0.660 bits per heavy atom. The average Bonchev–Trinajstić information content (AvgIpc) is 2.91. The van der Waals surface area contributed by atoms with Gasteiger partial charge in [0.2, 0.25) is 0 Å². The minimum Gasteiger partial charge on any atom is -0.475 e. The first-order chi connectivity index (χ1) is 21.2. The summed E-state index contributed by atoms with van der Waals surface area (Å²) in [5.41, 5.74) is 3.77. The van der Waals surface area contributed by atoms with Gasteiger partial charge in [0.25, 0.3) is 0 Å². The number of likely N-dealkylation sites (N-methyl/N-ethyl adjacent to an activating group) is 1. The number of aliphatic carboxylic acids is 2. The van der Waals surface area contributed by atoms with Crippen LogP contribution in [0.5, 0.6) is 0 Å². The molecule has 0 heterocycles. The summed E-state index contributed by atoms with van der Waals surface area (Å²) >= 11 is 0. The predicted octanol–water partition coefficient (Wildman–Crippen LogP) is 5.83. The molecule has 0 amide bonds. The van der Waals surface area contributed by atoms with Gasteiger partial charge in [-0.3, -0.25) is 4.79 Å². The summed E-state index contributed by atoms with van der Waals surface area (Å²) in [5.74, 6) is -6.17. The molecule has 0 saturated carbocycles. The van der Waals surface area contributed by atoms with Gasteiger partial charge in [-0.15, -0.1) is 0 Å². The van der Waals surface area contributed by atoms with Crippen molar-refractivity contribution in [3.63, 3.8) is 0 Å². The van der Waals surface area contributed by atoms with E-state index in [-0.39, 0.29) is 26.0 Å². The maximum Gasteiger partial charge on any atom is 0.490 e. The van der Waals surface area contributed by atoms with E-state index in [2.05, 4.69) is 0 Å². The highest BCUT2D eigenvalue weighted by Crippen LogP contribution is 2.34. The van der Waals surface area contributed by atoms with Crippen molar-refractivity contribution in [3.8, 4) is 0 Å². The van der Waals surface area contributed by atoms with Crippen molar-refractivity contribution < 1.29 is 82.0 Å². The number of carbonyl (C=O) groups excluding carboxylic acids is 1. The summed E-state index contributed by atoms with van der Waals surface area (Å²) in [7, 11) is 3.57. The highest BCUT2D eigenvalue weighted by Gasteiger charge is 2.41. The fourth-order valence-electron chi connectivity index (χ4n) is 3.31. The standard InChI is InChI=1S/C23H26F6N2O2.2C2HF3O2/c1-31(2)11-12-33-20(32)21(15-30,13-16-3-7-18(8-4-16)22(24,25)26)14-17-5-9-19(10-6-17)23(27,28)29;2*3-2(4,5)1(6)7/h3-10H,11-15,30H2,1-2H3;2*(H,6,7). The number of rotatable bonds is 9. The van der Waals surface area contributed by atoms with Crippen molar-refractivity contribution >= 4 is 17.9 Å². The molecule has 0 aliphatic rings. The number of halogens is 12. The number of hydrogen-bond acceptors (Lipinski definition) is 6. The number of ether oxygens (including phenoxy) is 1. The molecular formula is C27H28F12N2O6. The van der Waals surface area contributed by atoms with Crippen LogP contribution in [0.3, 0.4) is 0 Å². The number of esters is 1. The highest BCUT2D eigenvalue weighted by atomic mass is 19.4. The van der Waals surface area contributed by atoms with Gasteiger partial charge in [-0.25, -0.2) is 9.59 Å². The molecule has 0 fully saturated rings. The normalized spacial score (nSPS) is 12.3. The van der Waals surface area contributed by atoms with Crippen LogP contribution in [-0.4, -0.2) is 79.2 Å². The van der Waals surface area contributed by atoms with Crippen molar-refractivity contribution in [2.45, 2.75) is 37.5 Å². The van der Waals surface area contributed by atoms with Crippen LogP contribution in [0.2, 0.25) is 0 Å². The average molecular weight is 705 g/mol. The number of nitrogens with zero attached hydrogens (tertiary/aromatic N) is 1. The fourth-order valence-corrected chi connectivity index (χ4v) is 3.31. The van der Waals surface area contributed by atoms with Gasteiger partial charge in [0.05, 0.1) is 16.5 Å². The van der Waals surface area contributed by atoms with E-state index in [1.54, 1.807) is 19.0 Å². The van der Waals surface area contributed by atoms with E-state index in [0.717, 1.165) is 24.3 Å². The fraction of sp³-hybridized carbons (Fsp3) is 0.444. The van der Waals surface area contributed by atoms with Crippen molar-refractivity contribution in [1.82, 2.24) is 4.90 Å². The first kappa shape index (κ1) is 42.9. The van der Waals surface area contributed by atoms with Gasteiger partial charge in [0.15, 0.2) is 0 Å². The first-order valence-corrected chi connectivity index (χ1v) is 12.6. The Kier molecular flexibility index (Phi) is 15.7. The van der Waals surface area contributed by atoms with Crippen LogP contribution in [0.25, 0.3) is 0 Å². The van der Waals surface area contributed by atoms with E-state index in [9.17, 15) is 57.5 Å². The second-order valence-corrected chi connectivity index (χ2v) is 9.77. The van der Waals surface area contributed by atoms with E-state index >= 15 is 0 Å². The summed E-state index contributed by atoms with van der Waals surface area (Å²) in [6, 6.07) is 8.66. The van der Waals surface area contributed by atoms with Crippen molar-refractivity contribution in [2.75, 3.05) is 33.8 Å². The van der Waals surface area contributed by atoms with Crippen LogP contribution in [0.1, 0.15) is 22.3 Å². The zero-order valence-corrected chi connectivity index (χ0v) is 24.2.